The van der Waals surface area contributed by atoms with Crippen molar-refractivity contribution in [3.05, 3.63) is 35.9 Å². The zero-order valence-corrected chi connectivity index (χ0v) is 15.8. The van der Waals surface area contributed by atoms with Crippen molar-refractivity contribution in [3.63, 3.8) is 0 Å². The highest BCUT2D eigenvalue weighted by atomic mass is 16.2. The van der Waals surface area contributed by atoms with Crippen molar-refractivity contribution in [1.29, 1.82) is 0 Å². The van der Waals surface area contributed by atoms with E-state index in [0.29, 0.717) is 13.1 Å². The molecule has 0 radical (unpaired) electrons. The zero-order valence-electron chi connectivity index (χ0n) is 15.8. The third-order valence-electron chi connectivity index (χ3n) is 4.03. The summed E-state index contributed by atoms with van der Waals surface area (Å²) in [4.78, 5) is 29.2. The van der Waals surface area contributed by atoms with E-state index in [1.165, 1.54) is 0 Å². The minimum atomic E-state index is -1.09. The second-order valence-corrected chi connectivity index (χ2v) is 7.20. The first-order valence-corrected chi connectivity index (χ1v) is 8.44. The molecule has 5 nitrogen and oxygen atoms in total. The Morgan fingerprint density at radius 3 is 2.21 bits per heavy atom. The van der Waals surface area contributed by atoms with Gasteiger partial charge in [0.25, 0.3) is 0 Å². The predicted octanol–water partition coefficient (Wildman–Crippen LogP) is 2.13. The number of rotatable bonds is 8. The highest BCUT2D eigenvalue weighted by Gasteiger charge is 2.39. The van der Waals surface area contributed by atoms with E-state index in [0.717, 1.165) is 12.1 Å². The highest BCUT2D eigenvalue weighted by molar-refractivity contribution is 6.04. The maximum Gasteiger partial charge on any atom is 0.238 e. The third kappa shape index (κ3) is 5.64. The smallest absolute Gasteiger partial charge is 0.238 e. The molecule has 5 heteroatoms. The lowest BCUT2D eigenvalue weighted by Crippen LogP contribution is -2.51. The molecule has 0 aliphatic heterocycles. The van der Waals surface area contributed by atoms with Gasteiger partial charge in [-0.25, -0.2) is 0 Å². The second-order valence-electron chi connectivity index (χ2n) is 7.20. The Bertz CT molecular complexity index is 539. The normalized spacial score (nSPS) is 11.7. The van der Waals surface area contributed by atoms with Crippen molar-refractivity contribution in [2.24, 2.45) is 5.41 Å². The summed E-state index contributed by atoms with van der Waals surface area (Å²) >= 11 is 0. The van der Waals surface area contributed by atoms with Gasteiger partial charge in [-0.05, 0) is 47.4 Å². The van der Waals surface area contributed by atoms with Crippen molar-refractivity contribution in [2.45, 2.75) is 40.3 Å². The molecule has 0 spiro atoms. The molecule has 0 aliphatic carbocycles. The molecule has 0 heterocycles. The van der Waals surface area contributed by atoms with Crippen LogP contribution in [-0.4, -0.2) is 54.8 Å². The van der Waals surface area contributed by atoms with Crippen molar-refractivity contribution in [1.82, 2.24) is 15.1 Å². The molecule has 0 unspecified atom stereocenters. The maximum absolute atomic E-state index is 13.0. The number of nitrogens with zero attached hydrogens (tertiary/aromatic N) is 2. The number of hydrogen-bond acceptors (Lipinski definition) is 3. The zero-order chi connectivity index (χ0) is 18.3. The summed E-state index contributed by atoms with van der Waals surface area (Å²) in [5.41, 5.74) is -0.0332. The van der Waals surface area contributed by atoms with Gasteiger partial charge < -0.3 is 15.1 Å². The minimum Gasteiger partial charge on any atom is -0.354 e. The summed E-state index contributed by atoms with van der Waals surface area (Å²) in [5.74, 6) is -0.378. The molecule has 0 saturated heterocycles. The van der Waals surface area contributed by atoms with Crippen LogP contribution in [0.25, 0.3) is 0 Å². The molecule has 1 N–H and O–H groups in total. The summed E-state index contributed by atoms with van der Waals surface area (Å²) in [6.07, 6.45) is 0. The van der Waals surface area contributed by atoms with Gasteiger partial charge in [0.1, 0.15) is 5.41 Å². The summed E-state index contributed by atoms with van der Waals surface area (Å²) in [6, 6.07) is 9.87. The van der Waals surface area contributed by atoms with Gasteiger partial charge in [-0.2, -0.15) is 0 Å². The van der Waals surface area contributed by atoms with Crippen LogP contribution in [0.5, 0.6) is 0 Å². The van der Waals surface area contributed by atoms with E-state index in [1.807, 2.05) is 63.2 Å². The Balaban J connectivity index is 2.82. The molecule has 134 valence electrons. The Labute approximate surface area is 146 Å². The minimum absolute atomic E-state index is 0.0200. The van der Waals surface area contributed by atoms with E-state index >= 15 is 0 Å². The van der Waals surface area contributed by atoms with Gasteiger partial charge in [0, 0.05) is 25.7 Å². The number of carbonyl (C=O) groups is 2. The molecule has 0 atom stereocenters. The number of amides is 2. The van der Waals surface area contributed by atoms with Gasteiger partial charge in [0.2, 0.25) is 11.8 Å². The van der Waals surface area contributed by atoms with Gasteiger partial charge in [-0.15, -0.1) is 0 Å². The van der Waals surface area contributed by atoms with E-state index < -0.39 is 5.41 Å². The average molecular weight is 333 g/mol. The van der Waals surface area contributed by atoms with Crippen LogP contribution >= 0.6 is 0 Å². The van der Waals surface area contributed by atoms with Gasteiger partial charge in [-0.1, -0.05) is 30.3 Å². The monoisotopic (exact) mass is 333 g/mol. The average Bonchev–Trinajstić information content (AvgIpc) is 2.52. The van der Waals surface area contributed by atoms with Crippen LogP contribution in [0, 0.1) is 5.41 Å². The van der Waals surface area contributed by atoms with E-state index in [4.69, 9.17) is 0 Å². The lowest BCUT2D eigenvalue weighted by Gasteiger charge is -2.34. The predicted molar refractivity (Wildman–Crippen MR) is 97.5 cm³/mol. The second kappa shape index (κ2) is 8.83. The van der Waals surface area contributed by atoms with Crippen LogP contribution < -0.4 is 5.32 Å². The van der Waals surface area contributed by atoms with Gasteiger partial charge in [0.05, 0.1) is 0 Å². The quantitative estimate of drug-likeness (QED) is 0.742. The molecule has 1 aromatic rings. The van der Waals surface area contributed by atoms with Crippen LogP contribution in [0.1, 0.15) is 33.3 Å². The SMILES string of the molecule is CC(C)N(Cc1ccccc1)C(=O)C(C)(C)C(=O)NCCN(C)C. The number of carbonyl (C=O) groups excluding carboxylic acids is 2. The van der Waals surface area contributed by atoms with Crippen LogP contribution in [-0.2, 0) is 16.1 Å². The molecule has 0 bridgehead atoms. The molecule has 24 heavy (non-hydrogen) atoms. The van der Waals surface area contributed by atoms with Crippen LogP contribution in [0.15, 0.2) is 30.3 Å². The summed E-state index contributed by atoms with van der Waals surface area (Å²) in [6.45, 7) is 9.12. The van der Waals surface area contributed by atoms with Gasteiger partial charge >= 0.3 is 0 Å². The molecule has 2 amide bonds. The van der Waals surface area contributed by atoms with E-state index in [2.05, 4.69) is 5.32 Å². The Hall–Kier alpha value is -1.88. The number of nitrogens with one attached hydrogen (secondary N) is 1. The van der Waals surface area contributed by atoms with Crippen molar-refractivity contribution in [2.75, 3.05) is 27.2 Å². The standard InChI is InChI=1S/C19H31N3O2/c1-15(2)22(14-16-10-8-7-9-11-16)18(24)19(3,4)17(23)20-12-13-21(5)6/h7-11,15H,12-14H2,1-6H3,(H,20,23). The highest BCUT2D eigenvalue weighted by Crippen LogP contribution is 2.22. The molecule has 0 aromatic heterocycles. The number of likely N-dealkylation sites (N-methyl/N-ethyl adjacent to an activating group) is 1. The Morgan fingerprint density at radius 2 is 1.71 bits per heavy atom. The molecular formula is C19H31N3O2. The number of benzene rings is 1. The molecule has 0 saturated carbocycles. The lowest BCUT2D eigenvalue weighted by atomic mass is 9.89. The third-order valence-corrected chi connectivity index (χ3v) is 4.03. The Morgan fingerprint density at radius 1 is 1.12 bits per heavy atom. The molecule has 1 rings (SSSR count). The first-order valence-electron chi connectivity index (χ1n) is 8.44. The van der Waals surface area contributed by atoms with E-state index in [-0.39, 0.29) is 17.9 Å². The van der Waals surface area contributed by atoms with Gasteiger partial charge in [-0.3, -0.25) is 9.59 Å². The molecular weight excluding hydrogens is 302 g/mol. The topological polar surface area (TPSA) is 52.7 Å². The summed E-state index contributed by atoms with van der Waals surface area (Å²) < 4.78 is 0. The van der Waals surface area contributed by atoms with E-state index in [1.54, 1.807) is 18.7 Å². The largest absolute Gasteiger partial charge is 0.354 e. The number of hydrogen-bond donors (Lipinski definition) is 1. The van der Waals surface area contributed by atoms with Gasteiger partial charge in [0.15, 0.2) is 0 Å². The molecule has 0 aliphatic rings. The molecule has 0 fully saturated rings. The fourth-order valence-corrected chi connectivity index (χ4v) is 2.34. The fourth-order valence-electron chi connectivity index (χ4n) is 2.34. The fraction of sp³-hybridized carbons (Fsp3) is 0.579. The van der Waals surface area contributed by atoms with Crippen LogP contribution in [0.4, 0.5) is 0 Å². The first kappa shape index (κ1) is 20.2. The van der Waals surface area contributed by atoms with Crippen molar-refractivity contribution >= 4 is 11.8 Å². The lowest BCUT2D eigenvalue weighted by molar-refractivity contribution is -0.150. The van der Waals surface area contributed by atoms with Crippen LogP contribution in [0.2, 0.25) is 0 Å². The van der Waals surface area contributed by atoms with Crippen LogP contribution in [0.3, 0.4) is 0 Å². The molecule has 1 aromatic carbocycles. The summed E-state index contributed by atoms with van der Waals surface area (Å²) in [5, 5.41) is 2.86. The maximum atomic E-state index is 13.0. The van der Waals surface area contributed by atoms with E-state index in [9.17, 15) is 9.59 Å². The Kier molecular flexibility index (Phi) is 7.42. The van der Waals surface area contributed by atoms with Crippen molar-refractivity contribution in [3.8, 4) is 0 Å². The summed E-state index contributed by atoms with van der Waals surface area (Å²) in [7, 11) is 3.89. The first-order chi connectivity index (χ1) is 11.2. The van der Waals surface area contributed by atoms with Crippen molar-refractivity contribution < 1.29 is 9.59 Å².